The van der Waals surface area contributed by atoms with Crippen LogP contribution in [0.15, 0.2) is 65.6 Å². The molecule has 6 nitrogen and oxygen atoms in total. The van der Waals surface area contributed by atoms with Gasteiger partial charge in [-0.3, -0.25) is 4.72 Å². The molecule has 0 bridgehead atoms. The topological polar surface area (TPSA) is 73.9 Å². The maximum absolute atomic E-state index is 12.6. The number of hydrogen-bond acceptors (Lipinski definition) is 5. The molecule has 8 heteroatoms. The van der Waals surface area contributed by atoms with Crippen LogP contribution in [0.2, 0.25) is 5.02 Å². The second kappa shape index (κ2) is 9.76. The summed E-state index contributed by atoms with van der Waals surface area (Å²) >= 11 is 5.91. The van der Waals surface area contributed by atoms with Crippen molar-refractivity contribution in [2.75, 3.05) is 26.1 Å². The van der Waals surface area contributed by atoms with Crippen LogP contribution in [0.4, 0.5) is 5.69 Å². The summed E-state index contributed by atoms with van der Waals surface area (Å²) in [4.78, 5) is 0.0957. The summed E-state index contributed by atoms with van der Waals surface area (Å²) in [6, 6.07) is 16.8. The van der Waals surface area contributed by atoms with Gasteiger partial charge in [0.1, 0.15) is 0 Å². The first-order valence-corrected chi connectivity index (χ1v) is 11.1. The maximum Gasteiger partial charge on any atom is 0.261 e. The average Bonchev–Trinajstić information content (AvgIpc) is 2.76. The fourth-order valence-corrected chi connectivity index (χ4v) is 4.29. The van der Waals surface area contributed by atoms with E-state index in [2.05, 4.69) is 4.72 Å². The lowest BCUT2D eigenvalue weighted by atomic mass is 10.1. The largest absolute Gasteiger partial charge is 0.493 e. The van der Waals surface area contributed by atoms with Gasteiger partial charge in [-0.25, -0.2) is 8.42 Å². The van der Waals surface area contributed by atoms with Crippen molar-refractivity contribution in [2.45, 2.75) is 4.90 Å². The second-order valence-electron chi connectivity index (χ2n) is 6.48. The number of nitrogens with one attached hydrogen (secondary N) is 1. The first kappa shape index (κ1) is 22.5. The van der Waals surface area contributed by atoms with E-state index in [-0.39, 0.29) is 4.90 Å². The highest BCUT2D eigenvalue weighted by Gasteiger charge is 2.15. The highest BCUT2D eigenvalue weighted by molar-refractivity contribution is 7.92. The normalized spacial score (nSPS) is 11.4. The molecule has 0 heterocycles. The van der Waals surface area contributed by atoms with Crippen LogP contribution in [0.1, 0.15) is 11.1 Å². The number of sulfonamides is 1. The highest BCUT2D eigenvalue weighted by atomic mass is 35.5. The van der Waals surface area contributed by atoms with Gasteiger partial charge in [-0.2, -0.15) is 0 Å². The molecule has 162 valence electrons. The van der Waals surface area contributed by atoms with Crippen LogP contribution in [0.3, 0.4) is 0 Å². The molecule has 3 rings (SSSR count). The smallest absolute Gasteiger partial charge is 0.261 e. The Morgan fingerprint density at radius 2 is 1.45 bits per heavy atom. The zero-order valence-electron chi connectivity index (χ0n) is 17.3. The third-order valence-electron chi connectivity index (χ3n) is 4.40. The molecule has 0 atom stereocenters. The average molecular weight is 460 g/mol. The molecule has 0 aliphatic rings. The molecule has 0 spiro atoms. The number of ether oxygens (including phenoxy) is 3. The van der Waals surface area contributed by atoms with Gasteiger partial charge in [0.15, 0.2) is 11.5 Å². The third-order valence-corrected chi connectivity index (χ3v) is 6.01. The Morgan fingerprint density at radius 1 is 0.806 bits per heavy atom. The molecule has 3 aromatic carbocycles. The fraction of sp³-hybridized carbons (Fsp3) is 0.130. The summed E-state index contributed by atoms with van der Waals surface area (Å²) < 4.78 is 43.9. The Kier molecular flexibility index (Phi) is 7.09. The van der Waals surface area contributed by atoms with E-state index >= 15 is 0 Å². The zero-order chi connectivity index (χ0) is 22.4. The monoisotopic (exact) mass is 459 g/mol. The molecule has 0 aromatic heterocycles. The Morgan fingerprint density at radius 3 is 2.06 bits per heavy atom. The molecule has 31 heavy (non-hydrogen) atoms. The summed E-state index contributed by atoms with van der Waals surface area (Å²) in [5.41, 5.74) is 2.08. The molecule has 0 aliphatic carbocycles. The van der Waals surface area contributed by atoms with E-state index < -0.39 is 10.0 Å². The first-order chi connectivity index (χ1) is 14.9. The predicted molar refractivity (Wildman–Crippen MR) is 124 cm³/mol. The van der Waals surface area contributed by atoms with Gasteiger partial charge in [0.05, 0.1) is 26.2 Å². The molecular formula is C23H22ClNO5S. The molecule has 0 saturated carbocycles. The minimum Gasteiger partial charge on any atom is -0.493 e. The van der Waals surface area contributed by atoms with E-state index in [9.17, 15) is 8.42 Å². The van der Waals surface area contributed by atoms with Crippen molar-refractivity contribution in [2.24, 2.45) is 0 Å². The summed E-state index contributed by atoms with van der Waals surface area (Å²) in [5, 5.41) is 0.352. The van der Waals surface area contributed by atoms with Crippen molar-refractivity contribution < 1.29 is 22.6 Å². The lowest BCUT2D eigenvalue weighted by Crippen LogP contribution is -2.12. The van der Waals surface area contributed by atoms with E-state index in [1.807, 2.05) is 30.4 Å². The Bertz CT molecular complexity index is 1180. The van der Waals surface area contributed by atoms with E-state index in [1.54, 1.807) is 51.7 Å². The van der Waals surface area contributed by atoms with Gasteiger partial charge in [-0.15, -0.1) is 0 Å². The van der Waals surface area contributed by atoms with Crippen molar-refractivity contribution in [1.82, 2.24) is 0 Å². The SMILES string of the molecule is COc1cc(C=Cc2cccc(NS(=O)(=O)c3cccc(Cl)c3)c2)cc(OC)c1OC. The number of hydrogen-bond donors (Lipinski definition) is 1. The van der Waals surface area contributed by atoms with Gasteiger partial charge >= 0.3 is 0 Å². The van der Waals surface area contributed by atoms with Crippen molar-refractivity contribution >= 4 is 39.5 Å². The van der Waals surface area contributed by atoms with E-state index in [4.69, 9.17) is 25.8 Å². The van der Waals surface area contributed by atoms with Crippen molar-refractivity contribution in [3.05, 3.63) is 76.8 Å². The van der Waals surface area contributed by atoms with E-state index in [1.165, 1.54) is 12.1 Å². The van der Waals surface area contributed by atoms with Gasteiger partial charge < -0.3 is 14.2 Å². The van der Waals surface area contributed by atoms with Crippen LogP contribution in [0.5, 0.6) is 17.2 Å². The molecule has 0 aliphatic heterocycles. The molecule has 0 unspecified atom stereocenters. The Hall–Kier alpha value is -3.16. The van der Waals surface area contributed by atoms with Crippen LogP contribution in [0.25, 0.3) is 12.2 Å². The maximum atomic E-state index is 12.6. The summed E-state index contributed by atoms with van der Waals surface area (Å²) in [6.07, 6.45) is 3.73. The van der Waals surface area contributed by atoms with Crippen molar-refractivity contribution in [1.29, 1.82) is 0 Å². The summed E-state index contributed by atoms with van der Waals surface area (Å²) in [6.45, 7) is 0. The van der Waals surface area contributed by atoms with Crippen LogP contribution in [-0.4, -0.2) is 29.7 Å². The summed E-state index contributed by atoms with van der Waals surface area (Å²) in [5.74, 6) is 1.61. The standard InChI is InChI=1S/C23H22ClNO5S/c1-28-21-13-17(14-22(29-2)23(21)30-3)11-10-16-6-4-8-19(12-16)25-31(26,27)20-9-5-7-18(24)15-20/h4-15,25H,1-3H3. The molecule has 1 N–H and O–H groups in total. The second-order valence-corrected chi connectivity index (χ2v) is 8.60. The highest BCUT2D eigenvalue weighted by Crippen LogP contribution is 2.38. The summed E-state index contributed by atoms with van der Waals surface area (Å²) in [7, 11) is 0.908. The zero-order valence-corrected chi connectivity index (χ0v) is 18.8. The molecule has 0 radical (unpaired) electrons. The minimum absolute atomic E-state index is 0.0957. The number of anilines is 1. The number of halogens is 1. The lowest BCUT2D eigenvalue weighted by molar-refractivity contribution is 0.324. The van der Waals surface area contributed by atoms with E-state index in [0.29, 0.717) is 28.0 Å². The third kappa shape index (κ3) is 5.51. The minimum atomic E-state index is -3.75. The van der Waals surface area contributed by atoms with Crippen LogP contribution in [-0.2, 0) is 10.0 Å². The van der Waals surface area contributed by atoms with Gasteiger partial charge in [0.2, 0.25) is 5.75 Å². The predicted octanol–water partition coefficient (Wildman–Crippen LogP) is 5.34. The van der Waals surface area contributed by atoms with Gasteiger partial charge in [0, 0.05) is 10.7 Å². The van der Waals surface area contributed by atoms with E-state index in [0.717, 1.165) is 11.1 Å². The number of methoxy groups -OCH3 is 3. The number of benzene rings is 3. The molecule has 0 fully saturated rings. The number of rotatable bonds is 8. The lowest BCUT2D eigenvalue weighted by Gasteiger charge is -2.13. The van der Waals surface area contributed by atoms with Gasteiger partial charge in [-0.05, 0) is 53.6 Å². The Labute approximate surface area is 187 Å². The van der Waals surface area contributed by atoms with Crippen LogP contribution < -0.4 is 18.9 Å². The van der Waals surface area contributed by atoms with Crippen LogP contribution in [0, 0.1) is 0 Å². The first-order valence-electron chi connectivity index (χ1n) is 9.23. The molecular weight excluding hydrogens is 438 g/mol. The van der Waals surface area contributed by atoms with Crippen LogP contribution >= 0.6 is 11.6 Å². The quantitative estimate of drug-likeness (QED) is 0.460. The van der Waals surface area contributed by atoms with Gasteiger partial charge in [0.25, 0.3) is 10.0 Å². The molecule has 0 amide bonds. The fourth-order valence-electron chi connectivity index (χ4n) is 2.94. The van der Waals surface area contributed by atoms with Crippen molar-refractivity contribution in [3.63, 3.8) is 0 Å². The van der Waals surface area contributed by atoms with Gasteiger partial charge in [-0.1, -0.05) is 42.0 Å². The molecule has 0 saturated heterocycles. The molecule has 3 aromatic rings. The Balaban J connectivity index is 1.85. The van der Waals surface area contributed by atoms with Crippen molar-refractivity contribution in [3.8, 4) is 17.2 Å².